The van der Waals surface area contributed by atoms with E-state index in [9.17, 15) is 18.0 Å². The van der Waals surface area contributed by atoms with Crippen molar-refractivity contribution in [3.05, 3.63) is 12.2 Å². The van der Waals surface area contributed by atoms with Crippen molar-refractivity contribution in [2.24, 2.45) is 0 Å². The van der Waals surface area contributed by atoms with Crippen LogP contribution in [0.25, 0.3) is 0 Å². The lowest BCUT2D eigenvalue weighted by Crippen LogP contribution is -1.96. The molecule has 0 amide bonds. The van der Waals surface area contributed by atoms with E-state index in [1.165, 1.54) is 0 Å². The average Bonchev–Trinajstić information content (AvgIpc) is 1.85. The van der Waals surface area contributed by atoms with E-state index < -0.39 is 12.3 Å². The summed E-state index contributed by atoms with van der Waals surface area (Å²) < 4.78 is 37.7. The Morgan fingerprint density at radius 1 is 1.36 bits per heavy atom. The van der Waals surface area contributed by atoms with Crippen molar-refractivity contribution in [2.45, 2.75) is 12.8 Å². The Bertz CT molecular complexity index is 152. The molecular formula is C6H7F3O2. The smallest absolute Gasteiger partial charge is 0.440 e. The molecule has 0 spiro atoms. The Morgan fingerprint density at radius 3 is 2.45 bits per heavy atom. The van der Waals surface area contributed by atoms with E-state index >= 15 is 0 Å². The van der Waals surface area contributed by atoms with E-state index in [-0.39, 0.29) is 19.4 Å². The van der Waals surface area contributed by atoms with Gasteiger partial charge in [-0.1, -0.05) is 0 Å². The molecule has 0 aliphatic rings. The molecule has 0 aromatic heterocycles. The molecule has 5 heteroatoms. The van der Waals surface area contributed by atoms with Crippen LogP contribution in [0.1, 0.15) is 12.8 Å². The van der Waals surface area contributed by atoms with Gasteiger partial charge in [0.05, 0.1) is 6.61 Å². The van der Waals surface area contributed by atoms with Gasteiger partial charge in [0, 0.05) is 0 Å². The first-order valence-corrected chi connectivity index (χ1v) is 2.96. The predicted octanol–water partition coefficient (Wildman–Crippen LogP) is 2.65. The first-order chi connectivity index (χ1) is 5.13. The van der Waals surface area contributed by atoms with Gasteiger partial charge < -0.3 is 4.74 Å². The van der Waals surface area contributed by atoms with Crippen LogP contribution in [0.2, 0.25) is 0 Å². The minimum atomic E-state index is -1.88. The lowest BCUT2D eigenvalue weighted by Gasteiger charge is -1.94. The van der Waals surface area contributed by atoms with E-state index in [4.69, 9.17) is 0 Å². The third-order valence-corrected chi connectivity index (χ3v) is 0.863. The summed E-state index contributed by atoms with van der Waals surface area (Å²) >= 11 is 0. The number of rotatable bonds is 4. The van der Waals surface area contributed by atoms with Gasteiger partial charge in [0.25, 0.3) is 6.08 Å². The highest BCUT2D eigenvalue weighted by Gasteiger charge is 1.95. The standard InChI is InChI=1S/C6H7F3O2/c7-5(8)3-1-2-4-11-6(9)10/h3H,1-2,4H2. The molecule has 0 aliphatic carbocycles. The van der Waals surface area contributed by atoms with Crippen LogP contribution >= 0.6 is 0 Å². The lowest BCUT2D eigenvalue weighted by atomic mass is 10.3. The Balaban J connectivity index is 3.15. The number of hydrogen-bond donors (Lipinski definition) is 0. The van der Waals surface area contributed by atoms with E-state index in [1.54, 1.807) is 0 Å². The minimum absolute atomic E-state index is 0.0790. The SMILES string of the molecule is O=C(F)OCCCC=C(F)F. The number of unbranched alkanes of at least 4 members (excludes halogenated alkanes) is 1. The second kappa shape index (κ2) is 5.76. The van der Waals surface area contributed by atoms with Gasteiger partial charge >= 0.3 is 6.22 Å². The maximum Gasteiger partial charge on any atom is 0.495 e. The zero-order valence-corrected chi connectivity index (χ0v) is 5.65. The lowest BCUT2D eigenvalue weighted by molar-refractivity contribution is 0.120. The Kier molecular flexibility index (Phi) is 5.24. The number of halogens is 3. The van der Waals surface area contributed by atoms with Crippen molar-refractivity contribution in [3.63, 3.8) is 0 Å². The van der Waals surface area contributed by atoms with Gasteiger partial charge in [-0.25, -0.2) is 4.79 Å². The van der Waals surface area contributed by atoms with Crippen LogP contribution < -0.4 is 0 Å². The van der Waals surface area contributed by atoms with Gasteiger partial charge in [0.15, 0.2) is 0 Å². The molecule has 0 fully saturated rings. The van der Waals surface area contributed by atoms with Crippen LogP contribution in [0.3, 0.4) is 0 Å². The molecule has 0 bridgehead atoms. The van der Waals surface area contributed by atoms with Crippen LogP contribution in [0.4, 0.5) is 18.0 Å². The maximum atomic E-state index is 11.3. The highest BCUT2D eigenvalue weighted by atomic mass is 19.3. The quantitative estimate of drug-likeness (QED) is 0.476. The molecule has 0 heterocycles. The topological polar surface area (TPSA) is 26.3 Å². The van der Waals surface area contributed by atoms with Gasteiger partial charge in [-0.05, 0) is 18.9 Å². The third-order valence-electron chi connectivity index (χ3n) is 0.863. The summed E-state index contributed by atoms with van der Waals surface area (Å²) in [5.74, 6) is 0. The molecule has 0 atom stereocenters. The number of carbonyl (C=O) groups excluding carboxylic acids is 1. The van der Waals surface area contributed by atoms with Crippen LogP contribution in [0.15, 0.2) is 12.2 Å². The second-order valence-corrected chi connectivity index (χ2v) is 1.72. The molecule has 0 aromatic rings. The summed E-state index contributed by atoms with van der Waals surface area (Å²) in [6, 6.07) is 0. The number of carbonyl (C=O) groups is 1. The largest absolute Gasteiger partial charge is 0.495 e. The van der Waals surface area contributed by atoms with Crippen molar-refractivity contribution in [2.75, 3.05) is 6.61 Å². The maximum absolute atomic E-state index is 11.3. The van der Waals surface area contributed by atoms with Gasteiger partial charge in [-0.3, -0.25) is 0 Å². The number of ether oxygens (including phenoxy) is 1. The Morgan fingerprint density at radius 2 is 2.00 bits per heavy atom. The average molecular weight is 168 g/mol. The molecule has 0 N–H and O–H groups in total. The fourth-order valence-electron chi connectivity index (χ4n) is 0.447. The highest BCUT2D eigenvalue weighted by Crippen LogP contribution is 2.01. The van der Waals surface area contributed by atoms with E-state index in [2.05, 4.69) is 4.74 Å². The fourth-order valence-corrected chi connectivity index (χ4v) is 0.447. The number of hydrogen-bond acceptors (Lipinski definition) is 2. The van der Waals surface area contributed by atoms with Crippen molar-refractivity contribution in [3.8, 4) is 0 Å². The number of allylic oxidation sites excluding steroid dienone is 1. The van der Waals surface area contributed by atoms with E-state index in [1.807, 2.05) is 0 Å². The normalized spacial score (nSPS) is 9.00. The highest BCUT2D eigenvalue weighted by molar-refractivity contribution is 5.57. The summed E-state index contributed by atoms with van der Waals surface area (Å²) in [6.07, 6.45) is -2.69. The van der Waals surface area contributed by atoms with Gasteiger partial charge in [0.1, 0.15) is 0 Å². The zero-order chi connectivity index (χ0) is 8.69. The molecule has 0 aliphatic heterocycles. The molecule has 0 unspecified atom stereocenters. The zero-order valence-electron chi connectivity index (χ0n) is 5.65. The summed E-state index contributed by atoms with van der Waals surface area (Å²) in [6.45, 7) is -0.168. The summed E-state index contributed by atoms with van der Waals surface area (Å²) in [4.78, 5) is 9.49. The first-order valence-electron chi connectivity index (χ1n) is 2.96. The molecular weight excluding hydrogens is 161 g/mol. The van der Waals surface area contributed by atoms with Crippen molar-refractivity contribution < 1.29 is 22.7 Å². The van der Waals surface area contributed by atoms with Crippen LogP contribution in [0, 0.1) is 0 Å². The molecule has 0 saturated heterocycles. The second-order valence-electron chi connectivity index (χ2n) is 1.72. The van der Waals surface area contributed by atoms with Gasteiger partial charge in [-0.15, -0.1) is 4.39 Å². The molecule has 11 heavy (non-hydrogen) atoms. The molecule has 0 rings (SSSR count). The van der Waals surface area contributed by atoms with Crippen molar-refractivity contribution in [1.82, 2.24) is 0 Å². The fraction of sp³-hybridized carbons (Fsp3) is 0.500. The van der Waals surface area contributed by atoms with Crippen LogP contribution in [-0.2, 0) is 4.74 Å². The van der Waals surface area contributed by atoms with Crippen LogP contribution in [-0.4, -0.2) is 12.8 Å². The Hall–Kier alpha value is -1.00. The molecule has 0 aromatic carbocycles. The van der Waals surface area contributed by atoms with Gasteiger partial charge in [-0.2, -0.15) is 8.78 Å². The summed E-state index contributed by atoms with van der Waals surface area (Å²) in [5.41, 5.74) is 0. The summed E-state index contributed by atoms with van der Waals surface area (Å²) in [5, 5.41) is 0. The van der Waals surface area contributed by atoms with Crippen molar-refractivity contribution in [1.29, 1.82) is 0 Å². The molecule has 2 nitrogen and oxygen atoms in total. The first kappa shape index (κ1) is 10.0. The molecule has 0 saturated carbocycles. The van der Waals surface area contributed by atoms with E-state index in [0.717, 1.165) is 0 Å². The van der Waals surface area contributed by atoms with E-state index in [0.29, 0.717) is 6.08 Å². The van der Waals surface area contributed by atoms with Crippen molar-refractivity contribution >= 4 is 6.22 Å². The summed E-state index contributed by atoms with van der Waals surface area (Å²) in [7, 11) is 0. The predicted molar refractivity (Wildman–Crippen MR) is 32.0 cm³/mol. The third kappa shape index (κ3) is 9.00. The monoisotopic (exact) mass is 168 g/mol. The molecule has 0 radical (unpaired) electrons. The minimum Gasteiger partial charge on any atom is -0.440 e. The Labute approximate surface area is 61.6 Å². The molecule has 64 valence electrons. The van der Waals surface area contributed by atoms with Crippen LogP contribution in [0.5, 0.6) is 0 Å². The van der Waals surface area contributed by atoms with Gasteiger partial charge in [0.2, 0.25) is 0 Å².